The summed E-state index contributed by atoms with van der Waals surface area (Å²) in [5, 5.41) is 0. The molecule has 0 unspecified atom stereocenters. The minimum Gasteiger partial charge on any atom is -0.487 e. The zero-order chi connectivity index (χ0) is 19.9. The molecule has 0 aromatic heterocycles. The van der Waals surface area contributed by atoms with Crippen LogP contribution in [0.2, 0.25) is 0 Å². The molecular formula is C26H26O3. The molecule has 3 nitrogen and oxygen atoms in total. The van der Waals surface area contributed by atoms with E-state index in [2.05, 4.69) is 36.4 Å². The SMILES string of the molecule is C[C@@H]1OC(c2ccccc2)=C[C@@H](OCc2ccccc2)[C@H]1OCc1ccccc1. The molecule has 1 aliphatic rings. The minimum absolute atomic E-state index is 0.125. The van der Waals surface area contributed by atoms with Crippen LogP contribution in [0.3, 0.4) is 0 Å². The van der Waals surface area contributed by atoms with Gasteiger partial charge in [0.15, 0.2) is 0 Å². The summed E-state index contributed by atoms with van der Waals surface area (Å²) in [6, 6.07) is 30.6. The average molecular weight is 386 g/mol. The van der Waals surface area contributed by atoms with E-state index in [0.717, 1.165) is 22.4 Å². The van der Waals surface area contributed by atoms with Crippen molar-refractivity contribution < 1.29 is 14.2 Å². The molecule has 29 heavy (non-hydrogen) atoms. The second-order valence-electron chi connectivity index (χ2n) is 7.24. The first-order chi connectivity index (χ1) is 14.3. The van der Waals surface area contributed by atoms with Crippen LogP contribution >= 0.6 is 0 Å². The van der Waals surface area contributed by atoms with Gasteiger partial charge in [-0.15, -0.1) is 0 Å². The molecule has 0 N–H and O–H groups in total. The fourth-order valence-corrected chi connectivity index (χ4v) is 3.49. The van der Waals surface area contributed by atoms with Crippen LogP contribution in [-0.4, -0.2) is 18.3 Å². The quantitative estimate of drug-likeness (QED) is 0.528. The molecule has 0 saturated heterocycles. The number of hydrogen-bond acceptors (Lipinski definition) is 3. The molecule has 0 saturated carbocycles. The molecule has 0 bridgehead atoms. The molecular weight excluding hydrogens is 360 g/mol. The van der Waals surface area contributed by atoms with Crippen molar-refractivity contribution in [3.63, 3.8) is 0 Å². The molecule has 0 fully saturated rings. The maximum atomic E-state index is 6.31. The van der Waals surface area contributed by atoms with E-state index in [9.17, 15) is 0 Å². The molecule has 3 atom stereocenters. The van der Waals surface area contributed by atoms with Crippen LogP contribution in [0.25, 0.3) is 5.76 Å². The summed E-state index contributed by atoms with van der Waals surface area (Å²) in [4.78, 5) is 0. The van der Waals surface area contributed by atoms with Gasteiger partial charge in [0.05, 0.1) is 13.2 Å². The van der Waals surface area contributed by atoms with Crippen molar-refractivity contribution in [2.75, 3.05) is 0 Å². The van der Waals surface area contributed by atoms with Crippen molar-refractivity contribution >= 4 is 5.76 Å². The lowest BCUT2D eigenvalue weighted by molar-refractivity contribution is -0.119. The maximum Gasteiger partial charge on any atom is 0.125 e. The first-order valence-corrected chi connectivity index (χ1v) is 10.0. The lowest BCUT2D eigenvalue weighted by Crippen LogP contribution is -2.43. The molecule has 3 aromatic rings. The van der Waals surface area contributed by atoms with E-state index in [4.69, 9.17) is 14.2 Å². The zero-order valence-electron chi connectivity index (χ0n) is 16.6. The summed E-state index contributed by atoms with van der Waals surface area (Å²) >= 11 is 0. The van der Waals surface area contributed by atoms with Gasteiger partial charge in [-0.25, -0.2) is 0 Å². The Morgan fingerprint density at radius 3 is 1.79 bits per heavy atom. The van der Waals surface area contributed by atoms with Gasteiger partial charge < -0.3 is 14.2 Å². The van der Waals surface area contributed by atoms with E-state index in [1.807, 2.05) is 67.6 Å². The van der Waals surface area contributed by atoms with Gasteiger partial charge in [-0.05, 0) is 24.1 Å². The third-order valence-electron chi connectivity index (χ3n) is 5.04. The minimum atomic E-state index is -0.196. The molecule has 3 aromatic carbocycles. The first-order valence-electron chi connectivity index (χ1n) is 10.0. The van der Waals surface area contributed by atoms with E-state index in [1.54, 1.807) is 0 Å². The Balaban J connectivity index is 1.53. The normalized spacial score (nSPS) is 21.3. The van der Waals surface area contributed by atoms with Gasteiger partial charge in [-0.3, -0.25) is 0 Å². The summed E-state index contributed by atoms with van der Waals surface area (Å²) in [5.74, 6) is 0.843. The second kappa shape index (κ2) is 9.55. The summed E-state index contributed by atoms with van der Waals surface area (Å²) in [5.41, 5.74) is 3.33. The van der Waals surface area contributed by atoms with Gasteiger partial charge in [0.1, 0.15) is 24.1 Å². The van der Waals surface area contributed by atoms with Gasteiger partial charge in [0.25, 0.3) is 0 Å². The predicted molar refractivity (Wildman–Crippen MR) is 115 cm³/mol. The molecule has 0 radical (unpaired) electrons. The maximum absolute atomic E-state index is 6.31. The fourth-order valence-electron chi connectivity index (χ4n) is 3.49. The molecule has 1 aliphatic heterocycles. The van der Waals surface area contributed by atoms with Crippen molar-refractivity contribution in [1.82, 2.24) is 0 Å². The molecule has 1 heterocycles. The van der Waals surface area contributed by atoms with E-state index >= 15 is 0 Å². The summed E-state index contributed by atoms with van der Waals surface area (Å²) < 4.78 is 18.8. The van der Waals surface area contributed by atoms with Crippen LogP contribution in [0.1, 0.15) is 23.6 Å². The average Bonchev–Trinajstić information content (AvgIpc) is 2.79. The van der Waals surface area contributed by atoms with Crippen molar-refractivity contribution in [1.29, 1.82) is 0 Å². The van der Waals surface area contributed by atoms with E-state index in [1.165, 1.54) is 0 Å². The van der Waals surface area contributed by atoms with Crippen molar-refractivity contribution in [2.45, 2.75) is 38.4 Å². The molecule has 0 amide bonds. The number of rotatable bonds is 7. The number of benzene rings is 3. The highest BCUT2D eigenvalue weighted by Gasteiger charge is 2.34. The Labute approximate surface area is 172 Å². The van der Waals surface area contributed by atoms with Gasteiger partial charge >= 0.3 is 0 Å². The van der Waals surface area contributed by atoms with Crippen LogP contribution < -0.4 is 0 Å². The smallest absolute Gasteiger partial charge is 0.125 e. The van der Waals surface area contributed by atoms with Crippen LogP contribution in [0.5, 0.6) is 0 Å². The highest BCUT2D eigenvalue weighted by Crippen LogP contribution is 2.30. The topological polar surface area (TPSA) is 27.7 Å². The van der Waals surface area contributed by atoms with Crippen LogP contribution in [0, 0.1) is 0 Å². The second-order valence-corrected chi connectivity index (χ2v) is 7.24. The zero-order valence-corrected chi connectivity index (χ0v) is 16.6. The highest BCUT2D eigenvalue weighted by atomic mass is 16.6. The highest BCUT2D eigenvalue weighted by molar-refractivity contribution is 5.61. The molecule has 0 spiro atoms. The van der Waals surface area contributed by atoms with E-state index in [0.29, 0.717) is 13.2 Å². The van der Waals surface area contributed by atoms with Gasteiger partial charge in [0, 0.05) is 5.56 Å². The molecule has 3 heteroatoms. The van der Waals surface area contributed by atoms with Gasteiger partial charge in [0.2, 0.25) is 0 Å². The first kappa shape index (κ1) is 19.4. The van der Waals surface area contributed by atoms with Crippen LogP contribution in [0.4, 0.5) is 0 Å². The lowest BCUT2D eigenvalue weighted by Gasteiger charge is -2.35. The van der Waals surface area contributed by atoms with Gasteiger partial charge in [-0.2, -0.15) is 0 Å². The molecule has 0 aliphatic carbocycles. The van der Waals surface area contributed by atoms with Crippen molar-refractivity contribution in [3.05, 3.63) is 114 Å². The number of ether oxygens (including phenoxy) is 3. The monoisotopic (exact) mass is 386 g/mol. The Morgan fingerprint density at radius 1 is 0.690 bits per heavy atom. The summed E-state index contributed by atoms with van der Waals surface area (Å²) in [6.45, 7) is 3.10. The number of hydrogen-bond donors (Lipinski definition) is 0. The van der Waals surface area contributed by atoms with Crippen LogP contribution in [-0.2, 0) is 27.4 Å². The lowest BCUT2D eigenvalue weighted by atomic mass is 10.0. The third kappa shape index (κ3) is 5.14. The largest absolute Gasteiger partial charge is 0.487 e. The third-order valence-corrected chi connectivity index (χ3v) is 5.04. The summed E-state index contributed by atoms with van der Waals surface area (Å²) in [6.07, 6.45) is 1.54. The van der Waals surface area contributed by atoms with E-state index in [-0.39, 0.29) is 18.3 Å². The van der Waals surface area contributed by atoms with Gasteiger partial charge in [-0.1, -0.05) is 91.0 Å². The van der Waals surface area contributed by atoms with E-state index < -0.39 is 0 Å². The Morgan fingerprint density at radius 2 is 1.21 bits per heavy atom. The van der Waals surface area contributed by atoms with Crippen molar-refractivity contribution in [3.8, 4) is 0 Å². The Kier molecular flexibility index (Phi) is 6.40. The standard InChI is InChI=1S/C26H26O3/c1-20-26(28-19-22-13-7-3-8-14-22)25(27-18-21-11-5-2-6-12-21)17-24(29-20)23-15-9-4-10-16-23/h2-17,20,25-26H,18-19H2,1H3/t20-,25+,26-/m0/s1. The van der Waals surface area contributed by atoms with Crippen LogP contribution in [0.15, 0.2) is 97.1 Å². The van der Waals surface area contributed by atoms with Crippen molar-refractivity contribution in [2.24, 2.45) is 0 Å². The molecule has 4 rings (SSSR count). The predicted octanol–water partition coefficient (Wildman–Crippen LogP) is 5.62. The fraction of sp³-hybridized carbons (Fsp3) is 0.231. The Bertz CT molecular complexity index is 906. The Hall–Kier alpha value is -2.88. The molecule has 148 valence electrons. The summed E-state index contributed by atoms with van der Waals surface area (Å²) in [7, 11) is 0.